The van der Waals surface area contributed by atoms with Crippen molar-refractivity contribution in [2.45, 2.75) is 0 Å². The van der Waals surface area contributed by atoms with Crippen molar-refractivity contribution in [1.29, 1.82) is 0 Å². The van der Waals surface area contributed by atoms with Crippen LogP contribution in [0.2, 0.25) is 0 Å². The van der Waals surface area contributed by atoms with E-state index in [-0.39, 0.29) is 0 Å². The number of hydrogen-bond acceptors (Lipinski definition) is 0. The van der Waals surface area contributed by atoms with Crippen LogP contribution in [0.3, 0.4) is 0 Å². The zero-order chi connectivity index (χ0) is 37.2. The summed E-state index contributed by atoms with van der Waals surface area (Å²) >= 11 is 0. The number of fused-ring (bicyclic) bond motifs is 18. The van der Waals surface area contributed by atoms with E-state index in [1.54, 1.807) is 0 Å². The molecule has 0 saturated heterocycles. The summed E-state index contributed by atoms with van der Waals surface area (Å²) < 4.78 is 7.48. The van der Waals surface area contributed by atoms with E-state index in [0.29, 0.717) is 0 Å². The highest BCUT2D eigenvalue weighted by Gasteiger charge is 2.27. The molecule has 0 saturated carbocycles. The predicted octanol–water partition coefficient (Wildman–Crippen LogP) is 14.4. The lowest BCUT2D eigenvalue weighted by Crippen LogP contribution is -1.99. The van der Waals surface area contributed by atoms with Crippen molar-refractivity contribution in [1.82, 2.24) is 13.7 Å². The molecule has 264 valence electrons. The summed E-state index contributed by atoms with van der Waals surface area (Å²) in [5, 5.41) is 15.3. The van der Waals surface area contributed by atoms with Gasteiger partial charge in [0.1, 0.15) is 0 Å². The number of nitrogens with zero attached hydrogens (tertiary/aromatic N) is 3. The highest BCUT2D eigenvalue weighted by Crippen LogP contribution is 2.51. The lowest BCUT2D eigenvalue weighted by Gasteiger charge is -2.17. The third-order valence-electron chi connectivity index (χ3n) is 12.3. The molecule has 3 aromatic heterocycles. The monoisotopic (exact) mass is 723 g/mol. The molecule has 0 N–H and O–H groups in total. The van der Waals surface area contributed by atoms with Gasteiger partial charge in [-0.15, -0.1) is 0 Å². The summed E-state index contributed by atoms with van der Waals surface area (Å²) in [6.45, 7) is 0. The Bertz CT molecular complexity index is 3790. The van der Waals surface area contributed by atoms with Gasteiger partial charge in [0.25, 0.3) is 0 Å². The molecule has 0 aliphatic carbocycles. The molecule has 0 unspecified atom stereocenters. The van der Waals surface area contributed by atoms with E-state index in [4.69, 9.17) is 0 Å². The van der Waals surface area contributed by atoms with Crippen LogP contribution >= 0.6 is 0 Å². The molecular formula is C54H33N3. The van der Waals surface area contributed by atoms with Crippen LogP contribution in [0.15, 0.2) is 200 Å². The Kier molecular flexibility index (Phi) is 6.16. The molecule has 3 nitrogen and oxygen atoms in total. The molecule has 0 amide bonds. The minimum Gasteiger partial charge on any atom is -0.309 e. The fraction of sp³-hybridized carbons (Fsp3) is 0. The lowest BCUT2D eigenvalue weighted by molar-refractivity contribution is 1.15. The summed E-state index contributed by atoms with van der Waals surface area (Å²) in [6, 6.07) is 73.6. The molecule has 0 spiro atoms. The first-order valence-corrected chi connectivity index (χ1v) is 19.7. The second kappa shape index (κ2) is 11.5. The van der Waals surface area contributed by atoms with E-state index < -0.39 is 0 Å². The molecule has 3 heterocycles. The third kappa shape index (κ3) is 4.05. The molecule has 13 aromatic rings. The molecule has 0 bridgehead atoms. The van der Waals surface area contributed by atoms with Gasteiger partial charge in [-0.1, -0.05) is 140 Å². The normalized spacial score (nSPS) is 12.2. The zero-order valence-corrected chi connectivity index (χ0v) is 30.9. The van der Waals surface area contributed by atoms with Gasteiger partial charge >= 0.3 is 0 Å². The van der Waals surface area contributed by atoms with E-state index in [1.807, 2.05) is 0 Å². The molecule has 10 aromatic carbocycles. The number of aromatic nitrogens is 3. The largest absolute Gasteiger partial charge is 0.309 e. The molecular weight excluding hydrogens is 691 g/mol. The minimum absolute atomic E-state index is 1.14. The van der Waals surface area contributed by atoms with Gasteiger partial charge in [0, 0.05) is 60.2 Å². The van der Waals surface area contributed by atoms with Crippen molar-refractivity contribution in [3.63, 3.8) is 0 Å². The molecule has 0 fully saturated rings. The van der Waals surface area contributed by atoms with Crippen LogP contribution in [-0.4, -0.2) is 13.7 Å². The van der Waals surface area contributed by atoms with Crippen LogP contribution in [0, 0.1) is 0 Å². The van der Waals surface area contributed by atoms with E-state index >= 15 is 0 Å². The average Bonchev–Trinajstić information content (AvgIpc) is 3.93. The highest BCUT2D eigenvalue weighted by molar-refractivity contribution is 6.45. The Balaban J connectivity index is 1.32. The Morgan fingerprint density at radius 3 is 1.11 bits per heavy atom. The van der Waals surface area contributed by atoms with Gasteiger partial charge in [-0.25, -0.2) is 0 Å². The third-order valence-corrected chi connectivity index (χ3v) is 12.3. The molecule has 13 rings (SSSR count). The molecule has 0 radical (unpaired) electrons. The van der Waals surface area contributed by atoms with Crippen molar-refractivity contribution in [2.24, 2.45) is 0 Å². The van der Waals surface area contributed by atoms with Gasteiger partial charge in [0.15, 0.2) is 0 Å². The van der Waals surface area contributed by atoms with Crippen LogP contribution < -0.4 is 0 Å². The second-order valence-electron chi connectivity index (χ2n) is 15.2. The van der Waals surface area contributed by atoms with Crippen molar-refractivity contribution in [2.75, 3.05) is 0 Å². The maximum atomic E-state index is 2.56. The van der Waals surface area contributed by atoms with E-state index in [2.05, 4.69) is 214 Å². The average molecular weight is 724 g/mol. The van der Waals surface area contributed by atoms with E-state index in [9.17, 15) is 0 Å². The maximum absolute atomic E-state index is 2.56. The SMILES string of the molecule is c1ccc(-n2c3ccccc3c3cc(-n4c5ccccc5c5c6c7ccccc7c7ccccc7c6c6c7ccccc7n(-c7ccccc7)c6c54)ccc32)cc1. The van der Waals surface area contributed by atoms with Gasteiger partial charge in [-0.3, -0.25) is 0 Å². The Morgan fingerprint density at radius 2 is 0.579 bits per heavy atom. The first kappa shape index (κ1) is 30.7. The summed E-state index contributed by atoms with van der Waals surface area (Å²) in [6.07, 6.45) is 0. The summed E-state index contributed by atoms with van der Waals surface area (Å²) in [4.78, 5) is 0. The number of benzene rings is 10. The molecule has 0 aliphatic heterocycles. The fourth-order valence-electron chi connectivity index (χ4n) is 10.2. The lowest BCUT2D eigenvalue weighted by atomic mass is 9.89. The number of rotatable bonds is 3. The van der Waals surface area contributed by atoms with Crippen molar-refractivity contribution in [3.05, 3.63) is 200 Å². The summed E-state index contributed by atoms with van der Waals surface area (Å²) in [5.41, 5.74) is 10.7. The summed E-state index contributed by atoms with van der Waals surface area (Å²) in [7, 11) is 0. The Hall–Kier alpha value is -7.62. The maximum Gasteiger partial charge on any atom is 0.0795 e. The first-order valence-electron chi connectivity index (χ1n) is 19.7. The van der Waals surface area contributed by atoms with Gasteiger partial charge < -0.3 is 13.7 Å². The van der Waals surface area contributed by atoms with E-state index in [1.165, 1.54) is 97.7 Å². The van der Waals surface area contributed by atoms with Crippen molar-refractivity contribution < 1.29 is 0 Å². The quantitative estimate of drug-likeness (QED) is 0.161. The minimum atomic E-state index is 1.14. The fourth-order valence-corrected chi connectivity index (χ4v) is 10.2. The number of para-hydroxylation sites is 5. The first-order chi connectivity index (χ1) is 28.3. The van der Waals surface area contributed by atoms with Crippen LogP contribution in [0.1, 0.15) is 0 Å². The standard InChI is InChI=1S/C54H33N3/c1-3-17-34(18-4-1)55-45-28-14-11-23-39(45)44-33-36(31-32-48(44)55)57-47-30-16-13-27-43(47)52-50-41-25-10-8-22-38(41)37-21-7-9-24-40(37)49(50)51-42-26-12-15-29-46(42)56(53(51)54(52)57)35-19-5-2-6-20-35/h1-33H. The molecule has 57 heavy (non-hydrogen) atoms. The smallest absolute Gasteiger partial charge is 0.0795 e. The Labute approximate surface area is 327 Å². The van der Waals surface area contributed by atoms with Crippen LogP contribution in [0.5, 0.6) is 0 Å². The van der Waals surface area contributed by atoms with Gasteiger partial charge in [-0.2, -0.15) is 0 Å². The van der Waals surface area contributed by atoms with Crippen LogP contribution in [-0.2, 0) is 0 Å². The van der Waals surface area contributed by atoms with Crippen LogP contribution in [0.4, 0.5) is 0 Å². The molecule has 0 aliphatic rings. The molecule has 0 atom stereocenters. The van der Waals surface area contributed by atoms with Crippen molar-refractivity contribution in [3.8, 4) is 17.1 Å². The van der Waals surface area contributed by atoms with Crippen molar-refractivity contribution >= 4 is 97.7 Å². The Morgan fingerprint density at radius 1 is 0.211 bits per heavy atom. The number of hydrogen-bond donors (Lipinski definition) is 0. The topological polar surface area (TPSA) is 14.8 Å². The summed E-state index contributed by atoms with van der Waals surface area (Å²) in [5.74, 6) is 0. The molecule has 3 heteroatoms. The van der Waals surface area contributed by atoms with Crippen LogP contribution in [0.25, 0.3) is 115 Å². The van der Waals surface area contributed by atoms with Gasteiger partial charge in [-0.05, 0) is 82.2 Å². The van der Waals surface area contributed by atoms with Gasteiger partial charge in [0.05, 0.1) is 33.1 Å². The van der Waals surface area contributed by atoms with Gasteiger partial charge in [0.2, 0.25) is 0 Å². The second-order valence-corrected chi connectivity index (χ2v) is 15.2. The van der Waals surface area contributed by atoms with E-state index in [0.717, 1.165) is 17.1 Å². The highest BCUT2D eigenvalue weighted by atomic mass is 15.0. The zero-order valence-electron chi connectivity index (χ0n) is 30.9. The predicted molar refractivity (Wildman–Crippen MR) is 242 cm³/mol.